The molecular weight excluding hydrogens is 226 g/mol. The molecule has 5 nitrogen and oxygen atoms in total. The molecule has 0 spiro atoms. The van der Waals surface area contributed by atoms with Crippen molar-refractivity contribution in [2.24, 2.45) is 5.73 Å². The first-order valence-corrected chi connectivity index (χ1v) is 6.02. The topological polar surface area (TPSA) is 83.4 Å². The van der Waals surface area contributed by atoms with E-state index in [4.69, 9.17) is 5.73 Å². The van der Waals surface area contributed by atoms with E-state index in [1.54, 1.807) is 6.33 Å². The van der Waals surface area contributed by atoms with Crippen molar-refractivity contribution in [2.45, 2.75) is 18.4 Å². The van der Waals surface area contributed by atoms with Gasteiger partial charge in [-0.25, -0.2) is 9.97 Å². The van der Waals surface area contributed by atoms with Crippen LogP contribution in [0, 0.1) is 0 Å². The highest BCUT2D eigenvalue weighted by Gasteiger charge is 2.42. The Balaban J connectivity index is 1.79. The molecule has 5 heteroatoms. The Labute approximate surface area is 103 Å². The third-order valence-corrected chi connectivity index (χ3v) is 3.57. The highest BCUT2D eigenvalue weighted by Crippen LogP contribution is 2.41. The van der Waals surface area contributed by atoms with Gasteiger partial charge in [0.25, 0.3) is 0 Å². The van der Waals surface area contributed by atoms with Crippen molar-refractivity contribution in [2.75, 3.05) is 0 Å². The second-order valence-electron chi connectivity index (χ2n) is 4.94. The Morgan fingerprint density at radius 2 is 2.11 bits per heavy atom. The molecule has 1 aliphatic rings. The number of H-pyrrole nitrogens is 2. The van der Waals surface area contributed by atoms with E-state index in [2.05, 4.69) is 26.0 Å². The fraction of sp³-hybridized carbons (Fsp3) is 0.231. The quantitative estimate of drug-likeness (QED) is 0.638. The number of aromatic nitrogens is 4. The Hall–Kier alpha value is -2.14. The number of nitrogens with zero attached hydrogens (tertiary/aromatic N) is 2. The molecular formula is C13H13N5. The zero-order valence-corrected chi connectivity index (χ0v) is 9.77. The van der Waals surface area contributed by atoms with Gasteiger partial charge in [0.1, 0.15) is 5.82 Å². The standard InChI is InChI=1S/C13H13N5/c14-13(3-4-13)12-15-6-11(18-12)8-1-2-9-10(5-8)17-7-16-9/h1-2,5-7H,3-4,14H2,(H,15,18)(H,16,17). The van der Waals surface area contributed by atoms with Crippen LogP contribution < -0.4 is 5.73 Å². The Kier molecular flexibility index (Phi) is 1.75. The van der Waals surface area contributed by atoms with Crippen LogP contribution in [0.3, 0.4) is 0 Å². The van der Waals surface area contributed by atoms with Gasteiger partial charge in [-0.15, -0.1) is 0 Å². The summed E-state index contributed by atoms with van der Waals surface area (Å²) >= 11 is 0. The molecule has 3 aromatic rings. The first-order chi connectivity index (χ1) is 8.74. The lowest BCUT2D eigenvalue weighted by atomic mass is 10.1. The molecule has 1 fully saturated rings. The van der Waals surface area contributed by atoms with Gasteiger partial charge in [-0.1, -0.05) is 6.07 Å². The predicted octanol–water partition coefficient (Wildman–Crippen LogP) is 1.90. The maximum absolute atomic E-state index is 6.12. The van der Waals surface area contributed by atoms with Crippen LogP contribution in [0.25, 0.3) is 22.3 Å². The van der Waals surface area contributed by atoms with Crippen LogP contribution >= 0.6 is 0 Å². The smallest absolute Gasteiger partial charge is 0.126 e. The Morgan fingerprint density at radius 1 is 1.22 bits per heavy atom. The van der Waals surface area contributed by atoms with Gasteiger partial charge in [-0.2, -0.15) is 0 Å². The monoisotopic (exact) mass is 239 g/mol. The average Bonchev–Trinajstić information content (AvgIpc) is 2.89. The molecule has 0 aliphatic heterocycles. The van der Waals surface area contributed by atoms with E-state index in [-0.39, 0.29) is 5.54 Å². The summed E-state index contributed by atoms with van der Waals surface area (Å²) in [6.07, 6.45) is 5.57. The summed E-state index contributed by atoms with van der Waals surface area (Å²) in [5.41, 5.74) is 10.00. The van der Waals surface area contributed by atoms with Gasteiger partial charge in [0.15, 0.2) is 0 Å². The lowest BCUT2D eigenvalue weighted by Gasteiger charge is -2.03. The molecule has 2 aromatic heterocycles. The van der Waals surface area contributed by atoms with Crippen molar-refractivity contribution in [1.29, 1.82) is 0 Å². The van der Waals surface area contributed by atoms with Gasteiger partial charge in [0, 0.05) is 5.56 Å². The minimum atomic E-state index is -0.212. The van der Waals surface area contributed by atoms with Crippen molar-refractivity contribution in [3.8, 4) is 11.3 Å². The second-order valence-corrected chi connectivity index (χ2v) is 4.94. The number of hydrogen-bond acceptors (Lipinski definition) is 3. The minimum Gasteiger partial charge on any atom is -0.345 e. The number of nitrogens with one attached hydrogen (secondary N) is 2. The van der Waals surface area contributed by atoms with E-state index in [1.807, 2.05) is 18.3 Å². The normalized spacial score (nSPS) is 17.2. The maximum atomic E-state index is 6.12. The van der Waals surface area contributed by atoms with Crippen molar-refractivity contribution in [3.63, 3.8) is 0 Å². The number of nitrogens with two attached hydrogens (primary N) is 1. The highest BCUT2D eigenvalue weighted by atomic mass is 15.0. The van der Waals surface area contributed by atoms with Crippen molar-refractivity contribution >= 4 is 11.0 Å². The average molecular weight is 239 g/mol. The molecule has 1 aliphatic carbocycles. The Bertz CT molecular complexity index is 720. The zero-order chi connectivity index (χ0) is 12.2. The molecule has 0 unspecified atom stereocenters. The van der Waals surface area contributed by atoms with Crippen LogP contribution in [-0.4, -0.2) is 19.9 Å². The fourth-order valence-electron chi connectivity index (χ4n) is 2.20. The number of fused-ring (bicyclic) bond motifs is 1. The number of benzene rings is 1. The second kappa shape index (κ2) is 3.20. The van der Waals surface area contributed by atoms with Crippen LogP contribution in [0.15, 0.2) is 30.7 Å². The van der Waals surface area contributed by atoms with E-state index in [0.717, 1.165) is 41.0 Å². The third-order valence-electron chi connectivity index (χ3n) is 3.57. The van der Waals surface area contributed by atoms with Crippen LogP contribution in [0.4, 0.5) is 0 Å². The summed E-state index contributed by atoms with van der Waals surface area (Å²) in [7, 11) is 0. The molecule has 0 atom stereocenters. The van der Waals surface area contributed by atoms with Gasteiger partial charge in [-0.05, 0) is 25.0 Å². The van der Waals surface area contributed by atoms with Crippen LogP contribution in [-0.2, 0) is 5.54 Å². The minimum absolute atomic E-state index is 0.212. The molecule has 18 heavy (non-hydrogen) atoms. The lowest BCUT2D eigenvalue weighted by molar-refractivity contribution is 0.685. The fourth-order valence-corrected chi connectivity index (χ4v) is 2.20. The van der Waals surface area contributed by atoms with E-state index in [1.165, 1.54) is 0 Å². The number of hydrogen-bond donors (Lipinski definition) is 3. The summed E-state index contributed by atoms with van der Waals surface area (Å²) in [5.74, 6) is 0.891. The SMILES string of the molecule is NC1(c2ncc(-c3ccc4nc[nH]c4c3)[nH]2)CC1. The van der Waals surface area contributed by atoms with Gasteiger partial charge in [0.05, 0.1) is 34.8 Å². The van der Waals surface area contributed by atoms with Crippen molar-refractivity contribution in [3.05, 3.63) is 36.5 Å². The van der Waals surface area contributed by atoms with E-state index >= 15 is 0 Å². The van der Waals surface area contributed by atoms with E-state index in [9.17, 15) is 0 Å². The summed E-state index contributed by atoms with van der Waals surface area (Å²) in [6, 6.07) is 6.10. The molecule has 0 radical (unpaired) electrons. The van der Waals surface area contributed by atoms with E-state index < -0.39 is 0 Å². The molecule has 4 rings (SSSR count). The number of aromatic amines is 2. The van der Waals surface area contributed by atoms with Gasteiger partial charge < -0.3 is 15.7 Å². The molecule has 0 bridgehead atoms. The number of imidazole rings is 2. The zero-order valence-electron chi connectivity index (χ0n) is 9.77. The van der Waals surface area contributed by atoms with Crippen molar-refractivity contribution in [1.82, 2.24) is 19.9 Å². The van der Waals surface area contributed by atoms with Gasteiger partial charge >= 0.3 is 0 Å². The summed E-state index contributed by atoms with van der Waals surface area (Å²) in [5, 5.41) is 0. The molecule has 4 N–H and O–H groups in total. The molecule has 90 valence electrons. The highest BCUT2D eigenvalue weighted by molar-refractivity contribution is 5.80. The summed E-state index contributed by atoms with van der Waals surface area (Å²) in [4.78, 5) is 15.0. The summed E-state index contributed by atoms with van der Waals surface area (Å²) in [6.45, 7) is 0. The lowest BCUT2D eigenvalue weighted by Crippen LogP contribution is -2.20. The van der Waals surface area contributed by atoms with Crippen molar-refractivity contribution < 1.29 is 0 Å². The first-order valence-electron chi connectivity index (χ1n) is 6.02. The Morgan fingerprint density at radius 3 is 2.94 bits per heavy atom. The van der Waals surface area contributed by atoms with Gasteiger partial charge in [-0.3, -0.25) is 0 Å². The van der Waals surface area contributed by atoms with Crippen LogP contribution in [0.2, 0.25) is 0 Å². The molecule has 1 saturated carbocycles. The number of rotatable bonds is 2. The largest absolute Gasteiger partial charge is 0.345 e. The predicted molar refractivity (Wildman–Crippen MR) is 68.8 cm³/mol. The first kappa shape index (κ1) is 9.85. The van der Waals surface area contributed by atoms with Crippen LogP contribution in [0.5, 0.6) is 0 Å². The summed E-state index contributed by atoms with van der Waals surface area (Å²) < 4.78 is 0. The van der Waals surface area contributed by atoms with E-state index in [0.29, 0.717) is 0 Å². The van der Waals surface area contributed by atoms with Crippen LogP contribution in [0.1, 0.15) is 18.7 Å². The maximum Gasteiger partial charge on any atom is 0.126 e. The molecule has 2 heterocycles. The third kappa shape index (κ3) is 1.37. The van der Waals surface area contributed by atoms with Gasteiger partial charge in [0.2, 0.25) is 0 Å². The molecule has 0 amide bonds. The molecule has 1 aromatic carbocycles. The molecule has 0 saturated heterocycles.